The molecular formula is C14H14N2OS. The summed E-state index contributed by atoms with van der Waals surface area (Å²) in [4.78, 5) is 4.32. The quantitative estimate of drug-likeness (QED) is 0.826. The maximum absolute atomic E-state index is 8.86. The number of nitriles is 1. The first-order valence-electron chi connectivity index (χ1n) is 5.59. The second kappa shape index (κ2) is 4.79. The third kappa shape index (κ3) is 1.98. The lowest BCUT2D eigenvalue weighted by Gasteiger charge is -2.14. The Bertz CT molecular complexity index is 638. The molecule has 0 radical (unpaired) electrons. The van der Waals surface area contributed by atoms with Crippen LogP contribution in [0.25, 0.3) is 10.6 Å². The lowest BCUT2D eigenvalue weighted by atomic mass is 9.99. The van der Waals surface area contributed by atoms with Crippen LogP contribution >= 0.6 is 11.3 Å². The Balaban J connectivity index is 2.70. The smallest absolute Gasteiger partial charge is 0.152 e. The van der Waals surface area contributed by atoms with Crippen molar-refractivity contribution in [3.8, 4) is 22.4 Å². The summed E-state index contributed by atoms with van der Waals surface area (Å²) in [5, 5.41) is 11.5. The van der Waals surface area contributed by atoms with Gasteiger partial charge >= 0.3 is 0 Å². The van der Waals surface area contributed by atoms with E-state index < -0.39 is 0 Å². The van der Waals surface area contributed by atoms with Gasteiger partial charge in [-0.1, -0.05) is 6.07 Å². The van der Waals surface area contributed by atoms with E-state index in [-0.39, 0.29) is 0 Å². The number of benzene rings is 1. The molecule has 1 aromatic carbocycles. The fourth-order valence-corrected chi connectivity index (χ4v) is 2.86. The third-order valence-corrected chi connectivity index (χ3v) is 3.88. The second-order valence-electron chi connectivity index (χ2n) is 4.19. The van der Waals surface area contributed by atoms with Crippen molar-refractivity contribution in [3.63, 3.8) is 0 Å². The van der Waals surface area contributed by atoms with Gasteiger partial charge in [-0.3, -0.25) is 0 Å². The number of ether oxygens (including phenoxy) is 1. The molecular weight excluding hydrogens is 244 g/mol. The molecule has 92 valence electrons. The zero-order valence-electron chi connectivity index (χ0n) is 10.9. The fourth-order valence-electron chi connectivity index (χ4n) is 2.01. The topological polar surface area (TPSA) is 45.9 Å². The first kappa shape index (κ1) is 12.6. The summed E-state index contributed by atoms with van der Waals surface area (Å²) < 4.78 is 5.52. The highest BCUT2D eigenvalue weighted by Crippen LogP contribution is 2.38. The molecule has 0 atom stereocenters. The Hall–Kier alpha value is -1.86. The molecule has 1 aromatic heterocycles. The molecule has 0 fully saturated rings. The Labute approximate surface area is 111 Å². The van der Waals surface area contributed by atoms with E-state index in [4.69, 9.17) is 10.00 Å². The molecule has 0 aliphatic carbocycles. The number of aromatic nitrogens is 1. The summed E-state index contributed by atoms with van der Waals surface area (Å²) in [5.74, 6) is 0.853. The van der Waals surface area contributed by atoms with Gasteiger partial charge in [0.1, 0.15) is 16.8 Å². The van der Waals surface area contributed by atoms with Crippen molar-refractivity contribution < 1.29 is 4.74 Å². The van der Waals surface area contributed by atoms with Crippen molar-refractivity contribution >= 4 is 11.3 Å². The van der Waals surface area contributed by atoms with Crippen LogP contribution in [-0.2, 0) is 0 Å². The molecule has 0 N–H and O–H groups in total. The van der Waals surface area contributed by atoms with Gasteiger partial charge in [-0.05, 0) is 37.5 Å². The van der Waals surface area contributed by atoms with Gasteiger partial charge in [0.2, 0.25) is 0 Å². The molecule has 2 rings (SSSR count). The molecule has 0 unspecified atom stereocenters. The van der Waals surface area contributed by atoms with E-state index in [1.807, 2.05) is 13.8 Å². The molecule has 0 spiro atoms. The van der Waals surface area contributed by atoms with Gasteiger partial charge in [-0.15, -0.1) is 11.3 Å². The third-order valence-electron chi connectivity index (χ3n) is 3.02. The monoisotopic (exact) mass is 258 g/mol. The minimum atomic E-state index is 0.453. The number of hydrogen-bond acceptors (Lipinski definition) is 4. The maximum Gasteiger partial charge on any atom is 0.152 e. The summed E-state index contributed by atoms with van der Waals surface area (Å²) in [5.41, 5.74) is 4.88. The summed E-state index contributed by atoms with van der Waals surface area (Å²) in [6.45, 7) is 6.14. The van der Waals surface area contributed by atoms with Gasteiger partial charge in [0.15, 0.2) is 5.69 Å². The van der Waals surface area contributed by atoms with Crippen molar-refractivity contribution in [2.24, 2.45) is 0 Å². The van der Waals surface area contributed by atoms with Crippen molar-refractivity contribution in [1.82, 2.24) is 4.98 Å². The van der Waals surface area contributed by atoms with Crippen LogP contribution in [0.5, 0.6) is 5.75 Å². The van der Waals surface area contributed by atoms with Crippen LogP contribution < -0.4 is 4.74 Å². The Kier molecular flexibility index (Phi) is 3.35. The molecule has 0 amide bonds. The molecule has 18 heavy (non-hydrogen) atoms. The number of nitrogens with zero attached hydrogens (tertiary/aromatic N) is 2. The number of rotatable bonds is 2. The van der Waals surface area contributed by atoms with E-state index in [1.54, 1.807) is 12.5 Å². The first-order chi connectivity index (χ1) is 8.58. The average molecular weight is 258 g/mol. The van der Waals surface area contributed by atoms with Crippen molar-refractivity contribution in [2.45, 2.75) is 20.8 Å². The minimum absolute atomic E-state index is 0.453. The highest BCUT2D eigenvalue weighted by atomic mass is 32.1. The van der Waals surface area contributed by atoms with Crippen LogP contribution in [0.15, 0.2) is 11.4 Å². The number of hydrogen-bond donors (Lipinski definition) is 0. The van der Waals surface area contributed by atoms with Gasteiger partial charge in [0.05, 0.1) is 12.7 Å². The molecule has 4 heteroatoms. The van der Waals surface area contributed by atoms with E-state index in [0.29, 0.717) is 5.69 Å². The zero-order valence-corrected chi connectivity index (χ0v) is 11.7. The average Bonchev–Trinajstić information content (AvgIpc) is 2.81. The largest absolute Gasteiger partial charge is 0.496 e. The summed E-state index contributed by atoms with van der Waals surface area (Å²) in [7, 11) is 1.67. The van der Waals surface area contributed by atoms with Crippen LogP contribution in [0.2, 0.25) is 0 Å². The standard InChI is InChI=1S/C14H14N2OS/c1-8-5-9(2)12(13(17-4)10(8)3)14-16-11(6-15)7-18-14/h5,7H,1-4H3. The number of thiazole rings is 1. The summed E-state index contributed by atoms with van der Waals surface area (Å²) in [6, 6.07) is 4.18. The van der Waals surface area contributed by atoms with Crippen LogP contribution in [0.1, 0.15) is 22.4 Å². The lowest BCUT2D eigenvalue weighted by molar-refractivity contribution is 0.412. The van der Waals surface area contributed by atoms with E-state index >= 15 is 0 Å². The predicted octanol–water partition coefficient (Wildman–Crippen LogP) is 3.62. The summed E-state index contributed by atoms with van der Waals surface area (Å²) in [6.07, 6.45) is 0. The van der Waals surface area contributed by atoms with E-state index in [1.165, 1.54) is 16.9 Å². The molecule has 0 bridgehead atoms. The zero-order chi connectivity index (χ0) is 13.3. The van der Waals surface area contributed by atoms with Crippen molar-refractivity contribution in [2.75, 3.05) is 7.11 Å². The van der Waals surface area contributed by atoms with Crippen LogP contribution in [0, 0.1) is 32.1 Å². The second-order valence-corrected chi connectivity index (χ2v) is 5.05. The molecule has 0 aliphatic heterocycles. The van der Waals surface area contributed by atoms with E-state index in [2.05, 4.69) is 24.0 Å². The van der Waals surface area contributed by atoms with Crippen LogP contribution in [0.4, 0.5) is 0 Å². The van der Waals surface area contributed by atoms with E-state index in [9.17, 15) is 0 Å². The Morgan fingerprint density at radius 2 is 2.00 bits per heavy atom. The van der Waals surface area contributed by atoms with Crippen molar-refractivity contribution in [1.29, 1.82) is 5.26 Å². The van der Waals surface area contributed by atoms with Crippen LogP contribution in [-0.4, -0.2) is 12.1 Å². The summed E-state index contributed by atoms with van der Waals surface area (Å²) >= 11 is 1.47. The van der Waals surface area contributed by atoms with E-state index in [0.717, 1.165) is 27.4 Å². The number of aryl methyl sites for hydroxylation is 2. The van der Waals surface area contributed by atoms with Gasteiger partial charge in [-0.2, -0.15) is 5.26 Å². The fraction of sp³-hybridized carbons (Fsp3) is 0.286. The molecule has 0 saturated carbocycles. The molecule has 2 aromatic rings. The molecule has 0 saturated heterocycles. The lowest BCUT2D eigenvalue weighted by Crippen LogP contribution is -1.96. The highest BCUT2D eigenvalue weighted by Gasteiger charge is 2.16. The normalized spacial score (nSPS) is 10.2. The van der Waals surface area contributed by atoms with Gasteiger partial charge in [0.25, 0.3) is 0 Å². The molecule has 1 heterocycles. The Morgan fingerprint density at radius 1 is 1.28 bits per heavy atom. The maximum atomic E-state index is 8.86. The molecule has 3 nitrogen and oxygen atoms in total. The highest BCUT2D eigenvalue weighted by molar-refractivity contribution is 7.13. The SMILES string of the molecule is COc1c(C)c(C)cc(C)c1-c1nc(C#N)cs1. The van der Waals surface area contributed by atoms with Gasteiger partial charge < -0.3 is 4.74 Å². The number of methoxy groups -OCH3 is 1. The van der Waals surface area contributed by atoms with Gasteiger partial charge in [0, 0.05) is 5.38 Å². The first-order valence-corrected chi connectivity index (χ1v) is 6.47. The van der Waals surface area contributed by atoms with Gasteiger partial charge in [-0.25, -0.2) is 4.98 Å². The minimum Gasteiger partial charge on any atom is -0.496 e. The van der Waals surface area contributed by atoms with Crippen molar-refractivity contribution in [3.05, 3.63) is 33.8 Å². The molecule has 0 aliphatic rings. The Morgan fingerprint density at radius 3 is 2.56 bits per heavy atom. The predicted molar refractivity (Wildman–Crippen MR) is 73.0 cm³/mol. The van der Waals surface area contributed by atoms with Crippen LogP contribution in [0.3, 0.4) is 0 Å².